The van der Waals surface area contributed by atoms with Crippen molar-refractivity contribution in [2.45, 2.75) is 37.8 Å². The highest BCUT2D eigenvalue weighted by Gasteiger charge is 2.49. The Balaban J connectivity index is 1.94. The molecule has 0 spiro atoms. The van der Waals surface area contributed by atoms with Gasteiger partial charge in [0.05, 0.1) is 5.92 Å². The molecule has 0 aromatic rings. The van der Waals surface area contributed by atoms with Crippen molar-refractivity contribution in [3.05, 3.63) is 0 Å². The van der Waals surface area contributed by atoms with Gasteiger partial charge in [-0.1, -0.05) is 0 Å². The zero-order chi connectivity index (χ0) is 14.0. The molecule has 108 valence electrons. The number of nitrogens with one attached hydrogen (secondary N) is 1. The van der Waals surface area contributed by atoms with Gasteiger partial charge in [0.25, 0.3) is 0 Å². The number of carboxylic acid groups (broad SMARTS) is 1. The van der Waals surface area contributed by atoms with Gasteiger partial charge in [-0.05, 0) is 31.1 Å². The highest BCUT2D eigenvalue weighted by Crippen LogP contribution is 2.47. The van der Waals surface area contributed by atoms with Gasteiger partial charge in [-0.15, -0.1) is 0 Å². The normalized spacial score (nSPS) is 34.2. The lowest BCUT2D eigenvalue weighted by Crippen LogP contribution is -2.50. The summed E-state index contributed by atoms with van der Waals surface area (Å²) in [5.74, 6) is -0.687. The Morgan fingerprint density at radius 2 is 2.11 bits per heavy atom. The molecule has 4 N–H and O–H groups in total. The second kappa shape index (κ2) is 5.88. The molecule has 2 bridgehead atoms. The molecule has 2 aliphatic rings. The van der Waals surface area contributed by atoms with Gasteiger partial charge in [0.15, 0.2) is 0 Å². The summed E-state index contributed by atoms with van der Waals surface area (Å²) in [6.45, 7) is 0.306. The van der Waals surface area contributed by atoms with Crippen LogP contribution in [0.5, 0.6) is 0 Å². The number of carbonyl (C=O) groups is 2. The van der Waals surface area contributed by atoms with Gasteiger partial charge in [-0.2, -0.15) is 0 Å². The number of hydrogen-bond acceptors (Lipinski definition) is 4. The molecule has 6 heteroatoms. The third kappa shape index (κ3) is 2.90. The summed E-state index contributed by atoms with van der Waals surface area (Å²) in [6.07, 6.45) is 3.41. The molecule has 2 rings (SSSR count). The summed E-state index contributed by atoms with van der Waals surface area (Å²) >= 11 is 0. The number of ether oxygens (including phenoxy) is 1. The zero-order valence-electron chi connectivity index (χ0n) is 11.2. The molecule has 1 amide bonds. The van der Waals surface area contributed by atoms with Crippen molar-refractivity contribution in [3.63, 3.8) is 0 Å². The first kappa shape index (κ1) is 14.3. The van der Waals surface area contributed by atoms with Gasteiger partial charge in [0, 0.05) is 26.2 Å². The molecule has 19 heavy (non-hydrogen) atoms. The van der Waals surface area contributed by atoms with Crippen LogP contribution in [-0.2, 0) is 14.3 Å². The molecule has 0 heterocycles. The third-order valence-electron chi connectivity index (χ3n) is 4.51. The molecular weight excluding hydrogens is 248 g/mol. The number of aliphatic carboxylic acids is 1. The maximum Gasteiger partial charge on any atom is 0.326 e. The van der Waals surface area contributed by atoms with E-state index in [4.69, 9.17) is 15.6 Å². The number of amides is 1. The van der Waals surface area contributed by atoms with Crippen molar-refractivity contribution in [3.8, 4) is 0 Å². The molecule has 0 aromatic heterocycles. The van der Waals surface area contributed by atoms with Crippen molar-refractivity contribution >= 4 is 11.9 Å². The fraction of sp³-hybridized carbons (Fsp3) is 0.846. The second-order valence-corrected chi connectivity index (χ2v) is 5.62. The largest absolute Gasteiger partial charge is 0.480 e. The molecule has 2 fully saturated rings. The average Bonchev–Trinajstić information content (AvgIpc) is 2.94. The van der Waals surface area contributed by atoms with E-state index in [0.29, 0.717) is 18.4 Å². The standard InChI is InChI=1S/C13H22N2O4/c1-19-5-4-9(13(17)18)15-12(16)10-7-2-3-8(6-7)11(10)14/h7-11H,2-6,14H2,1H3,(H,15,16)(H,17,18). The molecular formula is C13H22N2O4. The lowest BCUT2D eigenvalue weighted by atomic mass is 9.84. The zero-order valence-corrected chi connectivity index (χ0v) is 11.2. The maximum atomic E-state index is 12.2. The van der Waals surface area contributed by atoms with Crippen LogP contribution in [-0.4, -0.2) is 42.8 Å². The molecule has 0 aromatic carbocycles. The predicted molar refractivity (Wildman–Crippen MR) is 68.4 cm³/mol. The van der Waals surface area contributed by atoms with Crippen molar-refractivity contribution < 1.29 is 19.4 Å². The van der Waals surface area contributed by atoms with Crippen LogP contribution in [0.4, 0.5) is 0 Å². The average molecular weight is 270 g/mol. The number of rotatable bonds is 6. The topological polar surface area (TPSA) is 102 Å². The quantitative estimate of drug-likeness (QED) is 0.629. The van der Waals surface area contributed by atoms with Crippen molar-refractivity contribution in [1.29, 1.82) is 0 Å². The molecule has 0 aliphatic heterocycles. The summed E-state index contributed by atoms with van der Waals surface area (Å²) in [6, 6.07) is -1.01. The van der Waals surface area contributed by atoms with E-state index < -0.39 is 12.0 Å². The van der Waals surface area contributed by atoms with E-state index >= 15 is 0 Å². The van der Waals surface area contributed by atoms with Gasteiger partial charge in [0.1, 0.15) is 6.04 Å². The number of methoxy groups -OCH3 is 1. The highest BCUT2D eigenvalue weighted by molar-refractivity contribution is 5.86. The maximum absolute atomic E-state index is 12.2. The Labute approximate surface area is 112 Å². The fourth-order valence-corrected chi connectivity index (χ4v) is 3.49. The number of carbonyl (C=O) groups excluding carboxylic acids is 1. The third-order valence-corrected chi connectivity index (χ3v) is 4.51. The van der Waals surface area contributed by atoms with E-state index in [2.05, 4.69) is 5.32 Å². The minimum atomic E-state index is -1.03. The van der Waals surface area contributed by atoms with Crippen LogP contribution in [0.2, 0.25) is 0 Å². The lowest BCUT2D eigenvalue weighted by Gasteiger charge is -2.28. The van der Waals surface area contributed by atoms with Crippen LogP contribution >= 0.6 is 0 Å². The fourth-order valence-electron chi connectivity index (χ4n) is 3.49. The van der Waals surface area contributed by atoms with Crippen molar-refractivity contribution in [1.82, 2.24) is 5.32 Å². The summed E-state index contributed by atoms with van der Waals surface area (Å²) in [7, 11) is 1.51. The SMILES string of the molecule is COCCC(NC(=O)C1C2CCC(C2)C1N)C(=O)O. The van der Waals surface area contributed by atoms with E-state index in [0.717, 1.165) is 19.3 Å². The van der Waals surface area contributed by atoms with Crippen LogP contribution in [0.1, 0.15) is 25.7 Å². The number of fused-ring (bicyclic) bond motifs is 2. The van der Waals surface area contributed by atoms with E-state index in [9.17, 15) is 9.59 Å². The molecule has 5 unspecified atom stereocenters. The Bertz CT molecular complexity index is 359. The van der Waals surface area contributed by atoms with E-state index in [-0.39, 0.29) is 24.3 Å². The van der Waals surface area contributed by atoms with Gasteiger partial charge >= 0.3 is 5.97 Å². The smallest absolute Gasteiger partial charge is 0.326 e. The summed E-state index contributed by atoms with van der Waals surface area (Å²) in [4.78, 5) is 23.3. The second-order valence-electron chi connectivity index (χ2n) is 5.62. The molecule has 2 aliphatic carbocycles. The summed E-state index contributed by atoms with van der Waals surface area (Å²) in [5, 5.41) is 11.7. The Morgan fingerprint density at radius 1 is 1.42 bits per heavy atom. The van der Waals surface area contributed by atoms with Crippen molar-refractivity contribution in [2.75, 3.05) is 13.7 Å². The first-order chi connectivity index (χ1) is 9.04. The van der Waals surface area contributed by atoms with Crippen molar-refractivity contribution in [2.24, 2.45) is 23.5 Å². The molecule has 6 nitrogen and oxygen atoms in total. The predicted octanol–water partition coefficient (Wildman–Crippen LogP) is -0.0343. The van der Waals surface area contributed by atoms with Gasteiger partial charge in [-0.25, -0.2) is 4.79 Å². The molecule has 0 saturated heterocycles. The van der Waals surface area contributed by atoms with Crippen LogP contribution in [0.3, 0.4) is 0 Å². The van der Waals surface area contributed by atoms with E-state index in [1.54, 1.807) is 0 Å². The Morgan fingerprint density at radius 3 is 2.63 bits per heavy atom. The number of carboxylic acids is 1. The lowest BCUT2D eigenvalue weighted by molar-refractivity contribution is -0.143. The van der Waals surface area contributed by atoms with Gasteiger partial charge in [0.2, 0.25) is 5.91 Å². The van der Waals surface area contributed by atoms with Crippen LogP contribution in [0.25, 0.3) is 0 Å². The number of hydrogen-bond donors (Lipinski definition) is 3. The molecule has 2 saturated carbocycles. The van der Waals surface area contributed by atoms with Gasteiger partial charge < -0.3 is 20.9 Å². The van der Waals surface area contributed by atoms with Crippen LogP contribution in [0.15, 0.2) is 0 Å². The molecule has 0 radical (unpaired) electrons. The van der Waals surface area contributed by atoms with Crippen LogP contribution < -0.4 is 11.1 Å². The van der Waals surface area contributed by atoms with Crippen LogP contribution in [0, 0.1) is 17.8 Å². The first-order valence-corrected chi connectivity index (χ1v) is 6.82. The minimum Gasteiger partial charge on any atom is -0.480 e. The highest BCUT2D eigenvalue weighted by atomic mass is 16.5. The van der Waals surface area contributed by atoms with Gasteiger partial charge in [-0.3, -0.25) is 4.79 Å². The summed E-state index contributed by atoms with van der Waals surface area (Å²) in [5.41, 5.74) is 6.08. The van der Waals surface area contributed by atoms with E-state index in [1.807, 2.05) is 0 Å². The monoisotopic (exact) mass is 270 g/mol. The number of nitrogens with two attached hydrogens (primary N) is 1. The Hall–Kier alpha value is -1.14. The Kier molecular flexibility index (Phi) is 4.42. The summed E-state index contributed by atoms with van der Waals surface area (Å²) < 4.78 is 4.86. The first-order valence-electron chi connectivity index (χ1n) is 6.82. The minimum absolute atomic E-state index is 0.115. The molecule has 5 atom stereocenters. The van der Waals surface area contributed by atoms with E-state index in [1.165, 1.54) is 7.11 Å².